The Hall–Kier alpha value is -0.800. The Balaban J connectivity index is 2.00. The highest BCUT2D eigenvalue weighted by molar-refractivity contribution is 5.00. The van der Waals surface area contributed by atoms with Crippen LogP contribution >= 0.6 is 0 Å². The highest BCUT2D eigenvalue weighted by Crippen LogP contribution is 2.24. The lowest BCUT2D eigenvalue weighted by atomic mass is 9.85. The van der Waals surface area contributed by atoms with Gasteiger partial charge in [0.15, 0.2) is 0 Å². The third-order valence-corrected chi connectivity index (χ3v) is 3.68. The van der Waals surface area contributed by atoms with Crippen LogP contribution in [0.5, 0.6) is 0 Å². The minimum atomic E-state index is 0.307. The Bertz CT molecular complexity index is 340. The number of nitrogens with zero attached hydrogens (tertiary/aromatic N) is 1. The molecular weight excluding hydrogens is 212 g/mol. The fourth-order valence-electron chi connectivity index (χ4n) is 2.32. The first-order valence-electron chi connectivity index (χ1n) is 6.46. The van der Waals surface area contributed by atoms with Gasteiger partial charge in [-0.2, -0.15) is 0 Å². The monoisotopic (exact) mass is 236 g/mol. The predicted octanol–water partition coefficient (Wildman–Crippen LogP) is 2.49. The fourth-order valence-corrected chi connectivity index (χ4v) is 2.32. The molecule has 2 rings (SSSR count). The quantitative estimate of drug-likeness (QED) is 0.855. The van der Waals surface area contributed by atoms with Crippen molar-refractivity contribution in [2.24, 2.45) is 5.41 Å². The third kappa shape index (κ3) is 3.11. The van der Waals surface area contributed by atoms with Gasteiger partial charge in [-0.05, 0) is 24.5 Å². The zero-order chi connectivity index (χ0) is 12.5. The van der Waals surface area contributed by atoms with Crippen LogP contribution in [0.4, 0.5) is 0 Å². The Morgan fingerprint density at radius 1 is 1.47 bits per heavy atom. The molecule has 3 nitrogen and oxygen atoms in total. The molecule has 1 fully saturated rings. The molecule has 1 aliphatic heterocycles. The highest BCUT2D eigenvalue weighted by atomic mass is 16.3. The Labute approximate surface area is 104 Å². The van der Waals surface area contributed by atoms with Gasteiger partial charge in [-0.3, -0.25) is 4.90 Å². The van der Waals surface area contributed by atoms with Crippen LogP contribution < -0.4 is 5.32 Å². The van der Waals surface area contributed by atoms with Crippen molar-refractivity contribution in [1.82, 2.24) is 10.2 Å². The molecule has 1 aromatic heterocycles. The number of piperazine rings is 1. The van der Waals surface area contributed by atoms with E-state index in [2.05, 4.69) is 44.0 Å². The van der Waals surface area contributed by atoms with Gasteiger partial charge in [0.1, 0.15) is 5.76 Å². The van der Waals surface area contributed by atoms with Gasteiger partial charge < -0.3 is 9.73 Å². The van der Waals surface area contributed by atoms with E-state index in [0.29, 0.717) is 17.5 Å². The topological polar surface area (TPSA) is 28.4 Å². The molecule has 96 valence electrons. The van der Waals surface area contributed by atoms with Gasteiger partial charge >= 0.3 is 0 Å². The lowest BCUT2D eigenvalue weighted by Crippen LogP contribution is -2.59. The molecule has 2 heterocycles. The van der Waals surface area contributed by atoms with Gasteiger partial charge in [0.25, 0.3) is 0 Å². The second-order valence-corrected chi connectivity index (χ2v) is 6.18. The first kappa shape index (κ1) is 12.7. The van der Waals surface area contributed by atoms with Crippen molar-refractivity contribution in [2.45, 2.75) is 46.3 Å². The van der Waals surface area contributed by atoms with Crippen molar-refractivity contribution in [2.75, 3.05) is 13.1 Å². The summed E-state index contributed by atoms with van der Waals surface area (Å²) in [6.45, 7) is 12.2. The molecule has 0 amide bonds. The van der Waals surface area contributed by atoms with E-state index in [1.165, 1.54) is 0 Å². The molecule has 2 atom stereocenters. The molecule has 0 spiro atoms. The molecule has 1 N–H and O–H groups in total. The summed E-state index contributed by atoms with van der Waals surface area (Å²) in [6.07, 6.45) is 1.75. The molecule has 3 heteroatoms. The van der Waals surface area contributed by atoms with Crippen LogP contribution in [0.3, 0.4) is 0 Å². The first-order chi connectivity index (χ1) is 7.97. The average Bonchev–Trinajstić information content (AvgIpc) is 2.72. The maximum absolute atomic E-state index is 5.44. The number of nitrogens with one attached hydrogen (secondary N) is 1. The van der Waals surface area contributed by atoms with Gasteiger partial charge in [0.05, 0.1) is 12.8 Å². The van der Waals surface area contributed by atoms with E-state index < -0.39 is 0 Å². The summed E-state index contributed by atoms with van der Waals surface area (Å²) >= 11 is 0. The zero-order valence-electron chi connectivity index (χ0n) is 11.4. The van der Waals surface area contributed by atoms with E-state index in [1.807, 2.05) is 6.07 Å². The van der Waals surface area contributed by atoms with Gasteiger partial charge in [0.2, 0.25) is 0 Å². The van der Waals surface area contributed by atoms with Gasteiger partial charge in [0, 0.05) is 25.2 Å². The van der Waals surface area contributed by atoms with Crippen LogP contribution in [-0.4, -0.2) is 30.1 Å². The summed E-state index contributed by atoms with van der Waals surface area (Å²) in [5.74, 6) is 1.06. The lowest BCUT2D eigenvalue weighted by Gasteiger charge is -2.43. The minimum Gasteiger partial charge on any atom is -0.468 e. The SMILES string of the molecule is CC1CNC(C(C)(C)C)CN1Cc1ccco1. The maximum Gasteiger partial charge on any atom is 0.117 e. The van der Waals surface area contributed by atoms with Crippen LogP contribution in [0.25, 0.3) is 0 Å². The van der Waals surface area contributed by atoms with Gasteiger partial charge in [-0.15, -0.1) is 0 Å². The van der Waals surface area contributed by atoms with Crippen molar-refractivity contribution in [3.05, 3.63) is 24.2 Å². The molecule has 1 saturated heterocycles. The first-order valence-corrected chi connectivity index (χ1v) is 6.46. The number of rotatable bonds is 2. The molecule has 1 aromatic rings. The summed E-state index contributed by atoms with van der Waals surface area (Å²) in [6, 6.07) is 5.14. The molecule has 1 aliphatic rings. The second-order valence-electron chi connectivity index (χ2n) is 6.18. The standard InChI is InChI=1S/C14H24N2O/c1-11-8-15-13(14(2,3)4)10-16(11)9-12-6-5-7-17-12/h5-7,11,13,15H,8-10H2,1-4H3. The molecule has 2 unspecified atom stereocenters. The van der Waals surface area contributed by atoms with Crippen molar-refractivity contribution in [3.63, 3.8) is 0 Å². The molecule has 0 saturated carbocycles. The van der Waals surface area contributed by atoms with E-state index in [0.717, 1.165) is 25.4 Å². The van der Waals surface area contributed by atoms with Crippen molar-refractivity contribution < 1.29 is 4.42 Å². The Morgan fingerprint density at radius 3 is 2.82 bits per heavy atom. The Morgan fingerprint density at radius 2 is 2.24 bits per heavy atom. The van der Waals surface area contributed by atoms with E-state index in [4.69, 9.17) is 4.42 Å². The molecule has 0 aromatic carbocycles. The third-order valence-electron chi connectivity index (χ3n) is 3.68. The van der Waals surface area contributed by atoms with E-state index in [1.54, 1.807) is 6.26 Å². The maximum atomic E-state index is 5.44. The van der Waals surface area contributed by atoms with Crippen molar-refractivity contribution in [1.29, 1.82) is 0 Å². The van der Waals surface area contributed by atoms with E-state index in [9.17, 15) is 0 Å². The van der Waals surface area contributed by atoms with Gasteiger partial charge in [-0.25, -0.2) is 0 Å². The smallest absolute Gasteiger partial charge is 0.117 e. The largest absolute Gasteiger partial charge is 0.468 e. The van der Waals surface area contributed by atoms with E-state index >= 15 is 0 Å². The summed E-state index contributed by atoms with van der Waals surface area (Å²) in [5.41, 5.74) is 0.307. The summed E-state index contributed by atoms with van der Waals surface area (Å²) in [5, 5.41) is 3.65. The normalized spacial score (nSPS) is 27.3. The van der Waals surface area contributed by atoms with Crippen molar-refractivity contribution >= 4 is 0 Å². The molecule has 0 radical (unpaired) electrons. The van der Waals surface area contributed by atoms with Crippen LogP contribution in [0, 0.1) is 5.41 Å². The van der Waals surface area contributed by atoms with Crippen LogP contribution in [0.1, 0.15) is 33.5 Å². The van der Waals surface area contributed by atoms with Crippen LogP contribution in [0.15, 0.2) is 22.8 Å². The van der Waals surface area contributed by atoms with Gasteiger partial charge in [-0.1, -0.05) is 20.8 Å². The number of furan rings is 1. The number of hydrogen-bond donors (Lipinski definition) is 1. The molecule has 17 heavy (non-hydrogen) atoms. The summed E-state index contributed by atoms with van der Waals surface area (Å²) in [4.78, 5) is 2.51. The highest BCUT2D eigenvalue weighted by Gasteiger charge is 2.32. The van der Waals surface area contributed by atoms with Crippen molar-refractivity contribution in [3.8, 4) is 0 Å². The Kier molecular flexibility index (Phi) is 3.59. The number of hydrogen-bond acceptors (Lipinski definition) is 3. The molecular formula is C14H24N2O. The molecule has 0 aliphatic carbocycles. The summed E-state index contributed by atoms with van der Waals surface area (Å²) < 4.78 is 5.44. The van der Waals surface area contributed by atoms with E-state index in [-0.39, 0.29) is 0 Å². The van der Waals surface area contributed by atoms with Crippen LogP contribution in [-0.2, 0) is 6.54 Å². The summed E-state index contributed by atoms with van der Waals surface area (Å²) in [7, 11) is 0. The fraction of sp³-hybridized carbons (Fsp3) is 0.714. The second kappa shape index (κ2) is 4.83. The zero-order valence-corrected chi connectivity index (χ0v) is 11.4. The predicted molar refractivity (Wildman–Crippen MR) is 69.8 cm³/mol. The molecule has 0 bridgehead atoms. The minimum absolute atomic E-state index is 0.307. The van der Waals surface area contributed by atoms with Crippen LogP contribution in [0.2, 0.25) is 0 Å². The average molecular weight is 236 g/mol. The lowest BCUT2D eigenvalue weighted by molar-refractivity contribution is 0.0819.